The van der Waals surface area contributed by atoms with Crippen LogP contribution in [0.5, 0.6) is 0 Å². The molecule has 0 aliphatic carbocycles. The molecule has 2 heterocycles. The molecular weight excluding hydrogens is 232 g/mol. The Morgan fingerprint density at radius 3 is 2.72 bits per heavy atom. The van der Waals surface area contributed by atoms with E-state index in [-0.39, 0.29) is 5.41 Å². The largest absolute Gasteiger partial charge is 0.384 e. The maximum atomic E-state index is 5.76. The molecule has 0 atom stereocenters. The molecular formula is C11H16N6O. The summed E-state index contributed by atoms with van der Waals surface area (Å²) >= 11 is 0. The van der Waals surface area contributed by atoms with Crippen LogP contribution in [0.15, 0.2) is 17.0 Å². The number of nitrogen functional groups attached to an aromatic ring is 1. The van der Waals surface area contributed by atoms with Crippen molar-refractivity contribution in [3.05, 3.63) is 24.1 Å². The summed E-state index contributed by atoms with van der Waals surface area (Å²) in [5.74, 6) is 2.34. The van der Waals surface area contributed by atoms with Gasteiger partial charge in [-0.05, 0) is 0 Å². The van der Waals surface area contributed by atoms with Crippen LogP contribution < -0.4 is 11.1 Å². The first kappa shape index (κ1) is 12.3. The molecule has 0 spiro atoms. The summed E-state index contributed by atoms with van der Waals surface area (Å²) in [7, 11) is 0. The lowest BCUT2D eigenvalue weighted by atomic mass is 9.96. The molecule has 3 N–H and O–H groups in total. The van der Waals surface area contributed by atoms with Crippen LogP contribution in [0.1, 0.15) is 32.4 Å². The Kier molecular flexibility index (Phi) is 3.14. The highest BCUT2D eigenvalue weighted by molar-refractivity contribution is 5.45. The molecule has 2 aromatic heterocycles. The zero-order valence-corrected chi connectivity index (χ0v) is 10.6. The fourth-order valence-electron chi connectivity index (χ4n) is 1.33. The number of nitrogens with two attached hydrogens (primary N) is 1. The normalized spacial score (nSPS) is 11.5. The molecule has 0 aromatic carbocycles. The second-order valence-corrected chi connectivity index (χ2v) is 4.95. The molecule has 0 radical (unpaired) electrons. The van der Waals surface area contributed by atoms with Crippen molar-refractivity contribution in [2.75, 3.05) is 11.1 Å². The molecule has 0 aliphatic heterocycles. The molecule has 0 fully saturated rings. The molecule has 0 unspecified atom stereocenters. The zero-order chi connectivity index (χ0) is 13.2. The SMILES string of the molecule is CC(C)(C)c1nc(N)cc(NCc2ncon2)n1. The van der Waals surface area contributed by atoms with Crippen molar-refractivity contribution >= 4 is 11.6 Å². The van der Waals surface area contributed by atoms with Gasteiger partial charge >= 0.3 is 0 Å². The molecule has 2 aromatic rings. The number of anilines is 2. The zero-order valence-electron chi connectivity index (χ0n) is 10.6. The van der Waals surface area contributed by atoms with E-state index in [2.05, 4.69) is 29.9 Å². The summed E-state index contributed by atoms with van der Waals surface area (Å²) < 4.78 is 4.65. The van der Waals surface area contributed by atoms with E-state index in [1.807, 2.05) is 20.8 Å². The molecule has 0 saturated heterocycles. The Balaban J connectivity index is 2.15. The van der Waals surface area contributed by atoms with Gasteiger partial charge in [-0.3, -0.25) is 0 Å². The van der Waals surface area contributed by atoms with E-state index in [1.54, 1.807) is 6.07 Å². The summed E-state index contributed by atoms with van der Waals surface area (Å²) in [5.41, 5.74) is 5.61. The van der Waals surface area contributed by atoms with Gasteiger partial charge in [-0.15, -0.1) is 0 Å². The van der Waals surface area contributed by atoms with E-state index in [1.165, 1.54) is 6.39 Å². The monoisotopic (exact) mass is 248 g/mol. The predicted octanol–water partition coefficient (Wildman–Crippen LogP) is 1.35. The van der Waals surface area contributed by atoms with Crippen LogP contribution >= 0.6 is 0 Å². The molecule has 7 heteroatoms. The van der Waals surface area contributed by atoms with Gasteiger partial charge in [0.25, 0.3) is 0 Å². The highest BCUT2D eigenvalue weighted by Gasteiger charge is 2.18. The molecule has 0 aliphatic rings. The van der Waals surface area contributed by atoms with Gasteiger partial charge in [0.15, 0.2) is 5.82 Å². The minimum absolute atomic E-state index is 0.155. The van der Waals surface area contributed by atoms with Crippen LogP contribution in [-0.4, -0.2) is 20.1 Å². The molecule has 2 rings (SSSR count). The minimum atomic E-state index is -0.155. The van der Waals surface area contributed by atoms with Gasteiger partial charge in [0, 0.05) is 11.5 Å². The molecule has 0 bridgehead atoms. The standard InChI is InChI=1S/C11H16N6O/c1-11(2,3)10-15-7(12)4-8(16-10)13-5-9-14-6-18-17-9/h4,6H,5H2,1-3H3,(H3,12,13,15,16). The lowest BCUT2D eigenvalue weighted by molar-refractivity contribution is 0.411. The molecule has 0 saturated carbocycles. The molecule has 0 amide bonds. The van der Waals surface area contributed by atoms with Gasteiger partial charge in [0.1, 0.15) is 17.5 Å². The van der Waals surface area contributed by atoms with Crippen molar-refractivity contribution in [1.29, 1.82) is 0 Å². The van der Waals surface area contributed by atoms with Crippen LogP contribution in [0.2, 0.25) is 0 Å². The van der Waals surface area contributed by atoms with Gasteiger partial charge in [0.2, 0.25) is 6.39 Å². The maximum absolute atomic E-state index is 5.76. The number of hydrogen-bond donors (Lipinski definition) is 2. The Bertz CT molecular complexity index is 517. The first-order valence-electron chi connectivity index (χ1n) is 5.59. The third-order valence-corrected chi connectivity index (χ3v) is 2.25. The summed E-state index contributed by atoms with van der Waals surface area (Å²) in [6, 6.07) is 1.68. The van der Waals surface area contributed by atoms with Gasteiger partial charge in [0.05, 0.1) is 6.54 Å². The van der Waals surface area contributed by atoms with Gasteiger partial charge in [-0.1, -0.05) is 25.9 Å². The lowest BCUT2D eigenvalue weighted by Gasteiger charge is -2.17. The van der Waals surface area contributed by atoms with Crippen molar-refractivity contribution in [1.82, 2.24) is 20.1 Å². The van der Waals surface area contributed by atoms with Crippen LogP contribution in [0.4, 0.5) is 11.6 Å². The third-order valence-electron chi connectivity index (χ3n) is 2.25. The van der Waals surface area contributed by atoms with Crippen LogP contribution in [0.3, 0.4) is 0 Å². The van der Waals surface area contributed by atoms with E-state index < -0.39 is 0 Å². The maximum Gasteiger partial charge on any atom is 0.213 e. The van der Waals surface area contributed by atoms with Crippen molar-refractivity contribution < 1.29 is 4.52 Å². The average Bonchev–Trinajstić information content (AvgIpc) is 2.77. The smallest absolute Gasteiger partial charge is 0.213 e. The topological polar surface area (TPSA) is 103 Å². The minimum Gasteiger partial charge on any atom is -0.384 e. The van der Waals surface area contributed by atoms with Gasteiger partial charge < -0.3 is 15.6 Å². The fourth-order valence-corrected chi connectivity index (χ4v) is 1.33. The van der Waals surface area contributed by atoms with E-state index >= 15 is 0 Å². The Labute approximate surface area is 105 Å². The average molecular weight is 248 g/mol. The number of nitrogens with zero attached hydrogens (tertiary/aromatic N) is 4. The number of hydrogen-bond acceptors (Lipinski definition) is 7. The highest BCUT2D eigenvalue weighted by Crippen LogP contribution is 2.21. The number of aromatic nitrogens is 4. The molecule has 7 nitrogen and oxygen atoms in total. The lowest BCUT2D eigenvalue weighted by Crippen LogP contribution is -2.18. The van der Waals surface area contributed by atoms with Gasteiger partial charge in [-0.25, -0.2) is 9.97 Å². The second kappa shape index (κ2) is 4.59. The summed E-state index contributed by atoms with van der Waals surface area (Å²) in [5, 5.41) is 6.79. The first-order chi connectivity index (χ1) is 8.45. The summed E-state index contributed by atoms with van der Waals surface area (Å²) in [6.07, 6.45) is 1.28. The first-order valence-corrected chi connectivity index (χ1v) is 5.59. The fraction of sp³-hybridized carbons (Fsp3) is 0.455. The Morgan fingerprint density at radius 1 is 1.33 bits per heavy atom. The third kappa shape index (κ3) is 2.93. The second-order valence-electron chi connectivity index (χ2n) is 4.95. The van der Waals surface area contributed by atoms with Crippen molar-refractivity contribution in [3.8, 4) is 0 Å². The van der Waals surface area contributed by atoms with Gasteiger partial charge in [-0.2, -0.15) is 4.98 Å². The summed E-state index contributed by atoms with van der Waals surface area (Å²) in [6.45, 7) is 6.52. The number of rotatable bonds is 3. The van der Waals surface area contributed by atoms with E-state index in [4.69, 9.17) is 5.73 Å². The molecule has 18 heavy (non-hydrogen) atoms. The van der Waals surface area contributed by atoms with Crippen molar-refractivity contribution in [2.24, 2.45) is 0 Å². The van der Waals surface area contributed by atoms with E-state index in [0.29, 0.717) is 29.8 Å². The summed E-state index contributed by atoms with van der Waals surface area (Å²) in [4.78, 5) is 12.6. The predicted molar refractivity (Wildman–Crippen MR) is 66.8 cm³/mol. The van der Waals surface area contributed by atoms with E-state index in [0.717, 1.165) is 0 Å². The molecule has 96 valence electrons. The Morgan fingerprint density at radius 2 is 2.11 bits per heavy atom. The van der Waals surface area contributed by atoms with E-state index in [9.17, 15) is 0 Å². The van der Waals surface area contributed by atoms with Crippen LogP contribution in [0, 0.1) is 0 Å². The van der Waals surface area contributed by atoms with Crippen LogP contribution in [0.25, 0.3) is 0 Å². The quantitative estimate of drug-likeness (QED) is 0.845. The number of nitrogens with one attached hydrogen (secondary N) is 1. The highest BCUT2D eigenvalue weighted by atomic mass is 16.5. The van der Waals surface area contributed by atoms with Crippen molar-refractivity contribution in [3.63, 3.8) is 0 Å². The Hall–Kier alpha value is -2.18. The van der Waals surface area contributed by atoms with Crippen molar-refractivity contribution in [2.45, 2.75) is 32.7 Å². The van der Waals surface area contributed by atoms with Crippen LogP contribution in [-0.2, 0) is 12.0 Å².